The molecule has 1 aliphatic heterocycles. The Bertz CT molecular complexity index is 939. The van der Waals surface area contributed by atoms with E-state index in [9.17, 15) is 10.2 Å². The van der Waals surface area contributed by atoms with E-state index in [-0.39, 0.29) is 13.2 Å². The number of nitrogens with zero attached hydrogens (tertiary/aromatic N) is 1. The molecule has 0 aliphatic carbocycles. The fourth-order valence-corrected chi connectivity index (χ4v) is 3.84. The number of aryl methyl sites for hydroxylation is 1. The zero-order valence-corrected chi connectivity index (χ0v) is 14.4. The minimum absolute atomic E-state index is 0.0750. The van der Waals surface area contributed by atoms with Crippen molar-refractivity contribution in [2.24, 2.45) is 0 Å². The van der Waals surface area contributed by atoms with Crippen LogP contribution in [0.4, 0.5) is 0 Å². The summed E-state index contributed by atoms with van der Waals surface area (Å²) < 4.78 is 7.44. The van der Waals surface area contributed by atoms with Gasteiger partial charge in [0.25, 0.3) is 0 Å². The van der Waals surface area contributed by atoms with Gasteiger partial charge in [-0.15, -0.1) is 0 Å². The molecule has 4 rings (SSSR count). The normalized spacial score (nSPS) is 12.2. The van der Waals surface area contributed by atoms with Gasteiger partial charge in [-0.2, -0.15) is 0 Å². The third-order valence-electron chi connectivity index (χ3n) is 5.01. The van der Waals surface area contributed by atoms with Crippen LogP contribution in [0.5, 0.6) is 5.75 Å². The number of ether oxygens (including phenoxy) is 1. The van der Waals surface area contributed by atoms with Gasteiger partial charge in [0.15, 0.2) is 0 Å². The van der Waals surface area contributed by atoms with E-state index in [0.29, 0.717) is 0 Å². The van der Waals surface area contributed by atoms with Crippen LogP contribution in [-0.4, -0.2) is 21.9 Å². The van der Waals surface area contributed by atoms with Gasteiger partial charge in [0, 0.05) is 28.9 Å². The summed E-state index contributed by atoms with van der Waals surface area (Å²) >= 11 is 0. The minimum Gasteiger partial charge on any atom is -0.497 e. The third kappa shape index (κ3) is 2.37. The molecule has 0 unspecified atom stereocenters. The maximum absolute atomic E-state index is 9.99. The number of fused-ring (bicyclic) bond motifs is 3. The summed E-state index contributed by atoms with van der Waals surface area (Å²) in [6, 6.07) is 14.2. The predicted molar refractivity (Wildman–Crippen MR) is 97.1 cm³/mol. The van der Waals surface area contributed by atoms with Gasteiger partial charge in [0.1, 0.15) is 5.75 Å². The molecule has 1 aliphatic rings. The highest BCUT2D eigenvalue weighted by Gasteiger charge is 2.29. The van der Waals surface area contributed by atoms with E-state index in [0.717, 1.165) is 45.9 Å². The van der Waals surface area contributed by atoms with Crippen LogP contribution in [0.1, 0.15) is 27.9 Å². The molecule has 3 aromatic rings. The summed E-state index contributed by atoms with van der Waals surface area (Å²) in [5.41, 5.74) is 8.26. The summed E-state index contributed by atoms with van der Waals surface area (Å²) in [4.78, 5) is 0. The molecule has 0 radical (unpaired) electrons. The first-order valence-electron chi connectivity index (χ1n) is 8.39. The SMILES string of the molecule is COc1ccc(-c2c(CO)c(CO)c3n2-c2ccc(C)cc2C3)cc1. The Morgan fingerprint density at radius 1 is 1.00 bits per heavy atom. The van der Waals surface area contributed by atoms with E-state index in [1.54, 1.807) is 7.11 Å². The topological polar surface area (TPSA) is 54.6 Å². The molecule has 2 heterocycles. The maximum Gasteiger partial charge on any atom is 0.118 e. The summed E-state index contributed by atoms with van der Waals surface area (Å²) in [7, 11) is 1.64. The smallest absolute Gasteiger partial charge is 0.118 e. The second-order valence-electron chi connectivity index (χ2n) is 6.44. The Morgan fingerprint density at radius 3 is 2.36 bits per heavy atom. The fourth-order valence-electron chi connectivity index (χ4n) is 3.84. The van der Waals surface area contributed by atoms with E-state index in [1.807, 2.05) is 24.3 Å². The molecule has 0 atom stereocenters. The molecular weight excluding hydrogens is 314 g/mol. The second kappa shape index (κ2) is 6.06. The summed E-state index contributed by atoms with van der Waals surface area (Å²) in [5.74, 6) is 0.793. The van der Waals surface area contributed by atoms with Gasteiger partial charge in [-0.25, -0.2) is 0 Å². The summed E-state index contributed by atoms with van der Waals surface area (Å²) in [5, 5.41) is 19.9. The Hall–Kier alpha value is -2.56. The number of benzene rings is 2. The van der Waals surface area contributed by atoms with Crippen molar-refractivity contribution in [1.82, 2.24) is 4.57 Å². The highest BCUT2D eigenvalue weighted by atomic mass is 16.5. The van der Waals surface area contributed by atoms with Gasteiger partial charge in [0.05, 0.1) is 26.0 Å². The monoisotopic (exact) mass is 335 g/mol. The standard InChI is InChI=1S/C21H21NO3/c1-13-3-8-19-15(9-13)10-20-17(11-23)18(12-24)21(22(19)20)14-4-6-16(25-2)7-5-14/h3-9,23-24H,10-12H2,1-2H3. The predicted octanol–water partition coefficient (Wildman–Crippen LogP) is 3.35. The minimum atomic E-state index is -0.0988. The van der Waals surface area contributed by atoms with Crippen LogP contribution in [0.2, 0.25) is 0 Å². The van der Waals surface area contributed by atoms with E-state index in [4.69, 9.17) is 4.74 Å². The Morgan fingerprint density at radius 2 is 1.72 bits per heavy atom. The number of aromatic nitrogens is 1. The molecule has 0 amide bonds. The van der Waals surface area contributed by atoms with E-state index < -0.39 is 0 Å². The van der Waals surface area contributed by atoms with E-state index >= 15 is 0 Å². The fraction of sp³-hybridized carbons (Fsp3) is 0.238. The first kappa shape index (κ1) is 15.9. The van der Waals surface area contributed by atoms with Gasteiger partial charge in [-0.1, -0.05) is 17.7 Å². The highest BCUT2D eigenvalue weighted by molar-refractivity contribution is 5.74. The lowest BCUT2D eigenvalue weighted by molar-refractivity contribution is 0.260. The zero-order valence-electron chi connectivity index (χ0n) is 14.4. The molecule has 0 spiro atoms. The Balaban J connectivity index is 1.99. The van der Waals surface area contributed by atoms with Gasteiger partial charge >= 0.3 is 0 Å². The largest absolute Gasteiger partial charge is 0.497 e. The van der Waals surface area contributed by atoms with Gasteiger partial charge in [-0.05, 0) is 48.4 Å². The zero-order chi connectivity index (χ0) is 17.6. The first-order valence-corrected chi connectivity index (χ1v) is 8.39. The van der Waals surface area contributed by atoms with Crippen molar-refractivity contribution < 1.29 is 14.9 Å². The molecule has 1 aromatic heterocycles. The van der Waals surface area contributed by atoms with E-state index in [1.165, 1.54) is 11.1 Å². The number of methoxy groups -OCH3 is 1. The molecule has 2 N–H and O–H groups in total. The first-order chi connectivity index (χ1) is 12.2. The molecule has 25 heavy (non-hydrogen) atoms. The van der Waals surface area contributed by atoms with Crippen LogP contribution >= 0.6 is 0 Å². The molecular formula is C21H21NO3. The van der Waals surface area contributed by atoms with Crippen molar-refractivity contribution in [1.29, 1.82) is 0 Å². The lowest BCUT2D eigenvalue weighted by Gasteiger charge is -2.12. The maximum atomic E-state index is 9.99. The molecule has 128 valence electrons. The van der Waals surface area contributed by atoms with Gasteiger partial charge in [0.2, 0.25) is 0 Å². The van der Waals surface area contributed by atoms with Crippen molar-refractivity contribution >= 4 is 0 Å². The van der Waals surface area contributed by atoms with Crippen molar-refractivity contribution in [3.8, 4) is 22.7 Å². The third-order valence-corrected chi connectivity index (χ3v) is 5.01. The van der Waals surface area contributed by atoms with Crippen LogP contribution in [0, 0.1) is 6.92 Å². The lowest BCUT2D eigenvalue weighted by atomic mass is 10.0. The summed E-state index contributed by atoms with van der Waals surface area (Å²) in [6.45, 7) is 1.91. The van der Waals surface area contributed by atoms with Crippen molar-refractivity contribution in [3.05, 3.63) is 70.4 Å². The second-order valence-corrected chi connectivity index (χ2v) is 6.44. The highest BCUT2D eigenvalue weighted by Crippen LogP contribution is 2.41. The number of rotatable bonds is 4. The molecule has 0 bridgehead atoms. The number of hydrogen-bond acceptors (Lipinski definition) is 3. The van der Waals surface area contributed by atoms with Crippen molar-refractivity contribution in [2.75, 3.05) is 7.11 Å². The Kier molecular flexibility index (Phi) is 3.86. The molecule has 0 saturated heterocycles. The average molecular weight is 335 g/mol. The van der Waals surface area contributed by atoms with Gasteiger partial charge in [-0.3, -0.25) is 0 Å². The Labute approximate surface area is 146 Å². The average Bonchev–Trinajstić information content (AvgIpc) is 3.14. The number of aliphatic hydroxyl groups excluding tert-OH is 2. The van der Waals surface area contributed by atoms with Crippen LogP contribution in [-0.2, 0) is 19.6 Å². The number of aliphatic hydroxyl groups is 2. The van der Waals surface area contributed by atoms with E-state index in [2.05, 4.69) is 29.7 Å². The molecule has 4 heteroatoms. The van der Waals surface area contributed by atoms with Crippen LogP contribution in [0.25, 0.3) is 16.9 Å². The molecule has 2 aromatic carbocycles. The van der Waals surface area contributed by atoms with Crippen molar-refractivity contribution in [2.45, 2.75) is 26.6 Å². The quantitative estimate of drug-likeness (QED) is 0.601. The van der Waals surface area contributed by atoms with Crippen LogP contribution in [0.3, 0.4) is 0 Å². The summed E-state index contributed by atoms with van der Waals surface area (Å²) in [6.07, 6.45) is 0.774. The van der Waals surface area contributed by atoms with Crippen LogP contribution < -0.4 is 4.74 Å². The van der Waals surface area contributed by atoms with Crippen LogP contribution in [0.15, 0.2) is 42.5 Å². The number of hydrogen-bond donors (Lipinski definition) is 2. The van der Waals surface area contributed by atoms with Crippen molar-refractivity contribution in [3.63, 3.8) is 0 Å². The molecule has 0 saturated carbocycles. The van der Waals surface area contributed by atoms with Gasteiger partial charge < -0.3 is 19.5 Å². The molecule has 0 fully saturated rings. The lowest BCUT2D eigenvalue weighted by Crippen LogP contribution is -1.98. The molecule has 4 nitrogen and oxygen atoms in total.